The number of aliphatic hydroxyl groups is 3. The van der Waals surface area contributed by atoms with Crippen molar-refractivity contribution in [1.29, 1.82) is 0 Å². The molecule has 1 aliphatic rings. The van der Waals surface area contributed by atoms with Crippen molar-refractivity contribution in [3.63, 3.8) is 0 Å². The first-order valence-electron chi connectivity index (χ1n) is 8.08. The van der Waals surface area contributed by atoms with Crippen LogP contribution in [0.15, 0.2) is 29.8 Å². The molecule has 0 saturated carbocycles. The molecule has 0 spiro atoms. The van der Waals surface area contributed by atoms with Gasteiger partial charge in [-0.05, 0) is 17.5 Å². The van der Waals surface area contributed by atoms with Gasteiger partial charge in [-0.2, -0.15) is 0 Å². The molecule has 1 saturated heterocycles. The number of nitrogens with one attached hydrogen (secondary N) is 2. The first-order valence-corrected chi connectivity index (χ1v) is 8.96. The molecule has 1 unspecified atom stereocenters. The fourth-order valence-electron chi connectivity index (χ4n) is 2.91. The molecule has 142 valence electrons. The molecule has 3 rings (SSSR count). The molecule has 26 heavy (non-hydrogen) atoms. The predicted octanol–water partition coefficient (Wildman–Crippen LogP) is 0.597. The van der Waals surface area contributed by atoms with Gasteiger partial charge in [-0.15, -0.1) is 23.7 Å². The predicted molar refractivity (Wildman–Crippen MR) is 101 cm³/mol. The van der Waals surface area contributed by atoms with Crippen LogP contribution in [0, 0.1) is 0 Å². The zero-order valence-electron chi connectivity index (χ0n) is 14.0. The standard InChI is InChI=1S/C17H21N3O4S.ClH/c21-7-14(20-17(24)13-5-12(23)6-18-13)10-1-3-11(4-2-10)16-15(8-22)19-9-25-16;/h1-4,9,12-14,18,21-23H,5-8H2,(H,20,24);1H/t12?,13-,14-;/m0./s1. The number of nitrogens with zero attached hydrogens (tertiary/aromatic N) is 1. The summed E-state index contributed by atoms with van der Waals surface area (Å²) in [6, 6.07) is 6.50. The second-order valence-electron chi connectivity index (χ2n) is 6.00. The average molecular weight is 400 g/mol. The summed E-state index contributed by atoms with van der Waals surface area (Å²) < 4.78 is 0. The highest BCUT2D eigenvalue weighted by molar-refractivity contribution is 7.13. The van der Waals surface area contributed by atoms with Gasteiger partial charge in [0, 0.05) is 6.54 Å². The van der Waals surface area contributed by atoms with E-state index < -0.39 is 18.2 Å². The second kappa shape index (κ2) is 9.40. The van der Waals surface area contributed by atoms with Gasteiger partial charge in [0.15, 0.2) is 0 Å². The quantitative estimate of drug-likeness (QED) is 0.486. The van der Waals surface area contributed by atoms with E-state index >= 15 is 0 Å². The SMILES string of the molecule is Cl.O=C(N[C@@H](CO)c1ccc(-c2scnc2CO)cc1)[C@@H]1CC(O)CN1. The third-order valence-electron chi connectivity index (χ3n) is 4.29. The van der Waals surface area contributed by atoms with Crippen molar-refractivity contribution in [1.82, 2.24) is 15.6 Å². The Balaban J connectivity index is 0.00000243. The Morgan fingerprint density at radius 2 is 2.08 bits per heavy atom. The summed E-state index contributed by atoms with van der Waals surface area (Å²) >= 11 is 1.45. The largest absolute Gasteiger partial charge is 0.394 e. The molecule has 1 aromatic carbocycles. The van der Waals surface area contributed by atoms with E-state index in [0.717, 1.165) is 16.0 Å². The van der Waals surface area contributed by atoms with Gasteiger partial charge in [-0.3, -0.25) is 4.79 Å². The molecular formula is C17H22ClN3O4S. The molecule has 0 aliphatic carbocycles. The van der Waals surface area contributed by atoms with Gasteiger partial charge in [0.2, 0.25) is 5.91 Å². The number of rotatable bonds is 6. The number of aromatic nitrogens is 1. The molecule has 0 radical (unpaired) electrons. The summed E-state index contributed by atoms with van der Waals surface area (Å²) in [5, 5.41) is 34.2. The third kappa shape index (κ3) is 4.59. The maximum absolute atomic E-state index is 12.2. The van der Waals surface area contributed by atoms with Gasteiger partial charge in [0.25, 0.3) is 0 Å². The Labute approximate surface area is 161 Å². The number of carbonyl (C=O) groups excluding carboxylic acids is 1. The highest BCUT2D eigenvalue weighted by Crippen LogP contribution is 2.28. The first kappa shape index (κ1) is 20.8. The van der Waals surface area contributed by atoms with Crippen molar-refractivity contribution in [3.8, 4) is 10.4 Å². The Morgan fingerprint density at radius 3 is 2.65 bits per heavy atom. The van der Waals surface area contributed by atoms with E-state index in [-0.39, 0.29) is 31.5 Å². The van der Waals surface area contributed by atoms with Gasteiger partial charge in [0.1, 0.15) is 0 Å². The lowest BCUT2D eigenvalue weighted by Gasteiger charge is -2.19. The molecule has 1 aromatic heterocycles. The molecule has 1 aliphatic heterocycles. The van der Waals surface area contributed by atoms with Gasteiger partial charge in [0.05, 0.1) is 47.5 Å². The lowest BCUT2D eigenvalue weighted by molar-refractivity contribution is -0.124. The van der Waals surface area contributed by atoms with E-state index in [4.69, 9.17) is 0 Å². The van der Waals surface area contributed by atoms with Crippen LogP contribution in [0.2, 0.25) is 0 Å². The van der Waals surface area contributed by atoms with Gasteiger partial charge in [-0.25, -0.2) is 4.98 Å². The molecule has 2 aromatic rings. The number of β-amino-alcohol motifs (C(OH)–C–C–N with tert-alkyl or cyclic N) is 1. The number of amides is 1. The summed E-state index contributed by atoms with van der Waals surface area (Å²) in [6.45, 7) is 0.0670. The lowest BCUT2D eigenvalue weighted by atomic mass is 10.0. The summed E-state index contributed by atoms with van der Waals surface area (Å²) in [6.07, 6.45) is -0.138. The maximum Gasteiger partial charge on any atom is 0.237 e. The van der Waals surface area contributed by atoms with Crippen LogP contribution in [0.5, 0.6) is 0 Å². The van der Waals surface area contributed by atoms with E-state index in [1.54, 1.807) is 5.51 Å². The second-order valence-corrected chi connectivity index (χ2v) is 6.86. The van der Waals surface area contributed by atoms with Gasteiger partial charge < -0.3 is 26.0 Å². The monoisotopic (exact) mass is 399 g/mol. The zero-order chi connectivity index (χ0) is 17.8. The van der Waals surface area contributed by atoms with E-state index in [2.05, 4.69) is 15.6 Å². The van der Waals surface area contributed by atoms with Crippen LogP contribution in [-0.4, -0.2) is 51.5 Å². The van der Waals surface area contributed by atoms with E-state index in [9.17, 15) is 20.1 Å². The summed E-state index contributed by atoms with van der Waals surface area (Å²) in [5.74, 6) is -0.232. The highest BCUT2D eigenvalue weighted by Gasteiger charge is 2.29. The van der Waals surface area contributed by atoms with Crippen LogP contribution >= 0.6 is 23.7 Å². The number of hydrogen-bond acceptors (Lipinski definition) is 7. The highest BCUT2D eigenvalue weighted by atomic mass is 35.5. The van der Waals surface area contributed by atoms with Crippen LogP contribution < -0.4 is 10.6 Å². The number of aliphatic hydroxyl groups excluding tert-OH is 3. The van der Waals surface area contributed by atoms with Crippen LogP contribution in [-0.2, 0) is 11.4 Å². The van der Waals surface area contributed by atoms with Crippen LogP contribution in [0.1, 0.15) is 23.7 Å². The molecule has 3 atom stereocenters. The van der Waals surface area contributed by atoms with Crippen molar-refractivity contribution in [2.45, 2.75) is 31.2 Å². The number of halogens is 1. The average Bonchev–Trinajstić information content (AvgIpc) is 3.28. The number of carbonyl (C=O) groups is 1. The molecule has 1 fully saturated rings. The topological polar surface area (TPSA) is 115 Å². The van der Waals surface area contributed by atoms with Crippen LogP contribution in [0.4, 0.5) is 0 Å². The minimum absolute atomic E-state index is 0. The fourth-order valence-corrected chi connectivity index (χ4v) is 3.72. The normalized spacial score (nSPS) is 20.4. The summed E-state index contributed by atoms with van der Waals surface area (Å²) in [4.78, 5) is 17.3. The lowest BCUT2D eigenvalue weighted by Crippen LogP contribution is -2.42. The smallest absolute Gasteiger partial charge is 0.237 e. The van der Waals surface area contributed by atoms with Crippen molar-refractivity contribution in [2.24, 2.45) is 0 Å². The van der Waals surface area contributed by atoms with E-state index in [0.29, 0.717) is 18.7 Å². The van der Waals surface area contributed by atoms with Crippen molar-refractivity contribution >= 4 is 29.7 Å². The summed E-state index contributed by atoms with van der Waals surface area (Å²) in [5.41, 5.74) is 4.04. The molecule has 5 N–H and O–H groups in total. The molecule has 9 heteroatoms. The molecule has 1 amide bonds. The molecule has 7 nitrogen and oxygen atoms in total. The van der Waals surface area contributed by atoms with Crippen LogP contribution in [0.25, 0.3) is 10.4 Å². The molecule has 2 heterocycles. The molecular weight excluding hydrogens is 378 g/mol. The fraction of sp³-hybridized carbons (Fsp3) is 0.412. The van der Waals surface area contributed by atoms with Crippen molar-refractivity contribution < 1.29 is 20.1 Å². The van der Waals surface area contributed by atoms with Gasteiger partial charge in [-0.1, -0.05) is 24.3 Å². The Bertz CT molecular complexity index is 725. The number of thiazole rings is 1. The zero-order valence-corrected chi connectivity index (χ0v) is 15.6. The Kier molecular flexibility index (Phi) is 7.51. The first-order chi connectivity index (χ1) is 12.1. The Hall–Kier alpha value is -1.55. The molecule has 0 bridgehead atoms. The van der Waals surface area contributed by atoms with E-state index in [1.807, 2.05) is 24.3 Å². The number of hydrogen-bond donors (Lipinski definition) is 5. The maximum atomic E-state index is 12.2. The minimum atomic E-state index is -0.514. The van der Waals surface area contributed by atoms with Crippen LogP contribution in [0.3, 0.4) is 0 Å². The minimum Gasteiger partial charge on any atom is -0.394 e. The van der Waals surface area contributed by atoms with Crippen molar-refractivity contribution in [2.75, 3.05) is 13.2 Å². The Morgan fingerprint density at radius 1 is 1.35 bits per heavy atom. The van der Waals surface area contributed by atoms with Crippen molar-refractivity contribution in [3.05, 3.63) is 41.0 Å². The van der Waals surface area contributed by atoms with E-state index in [1.165, 1.54) is 11.3 Å². The summed E-state index contributed by atoms with van der Waals surface area (Å²) in [7, 11) is 0. The number of benzene rings is 1. The third-order valence-corrected chi connectivity index (χ3v) is 5.21. The van der Waals surface area contributed by atoms with Gasteiger partial charge >= 0.3 is 0 Å².